The smallest absolute Gasteiger partial charge is 0.257 e. The zero-order valence-corrected chi connectivity index (χ0v) is 17.4. The highest BCUT2D eigenvalue weighted by Gasteiger charge is 2.20. The lowest BCUT2D eigenvalue weighted by molar-refractivity contribution is 0.0772. The highest BCUT2D eigenvalue weighted by Crippen LogP contribution is 2.19. The summed E-state index contributed by atoms with van der Waals surface area (Å²) in [5.41, 5.74) is 3.67. The Labute approximate surface area is 171 Å². The van der Waals surface area contributed by atoms with Crippen LogP contribution in [0.2, 0.25) is 0 Å². The molecule has 6 nitrogen and oxygen atoms in total. The Kier molecular flexibility index (Phi) is 6.54. The molecule has 1 heterocycles. The van der Waals surface area contributed by atoms with Crippen molar-refractivity contribution in [1.82, 2.24) is 14.7 Å². The minimum absolute atomic E-state index is 0.0569. The fourth-order valence-corrected chi connectivity index (χ4v) is 3.08. The molecule has 0 unspecified atom stereocenters. The van der Waals surface area contributed by atoms with Crippen LogP contribution in [0, 0.1) is 6.92 Å². The van der Waals surface area contributed by atoms with E-state index in [1.54, 1.807) is 25.3 Å². The van der Waals surface area contributed by atoms with Crippen LogP contribution < -0.4 is 9.47 Å². The van der Waals surface area contributed by atoms with E-state index in [1.807, 2.05) is 67.1 Å². The topological polar surface area (TPSA) is 56.6 Å². The second kappa shape index (κ2) is 9.28. The van der Waals surface area contributed by atoms with Crippen molar-refractivity contribution in [3.63, 3.8) is 0 Å². The predicted octanol–water partition coefficient (Wildman–Crippen LogP) is 3.90. The first kappa shape index (κ1) is 20.5. The number of nitrogens with zero attached hydrogens (tertiary/aromatic N) is 3. The first-order valence-corrected chi connectivity index (χ1v) is 9.69. The van der Waals surface area contributed by atoms with Gasteiger partial charge in [-0.15, -0.1) is 0 Å². The van der Waals surface area contributed by atoms with E-state index in [-0.39, 0.29) is 5.91 Å². The minimum Gasteiger partial charge on any atom is -0.497 e. The number of hydrogen-bond donors (Lipinski definition) is 0. The summed E-state index contributed by atoms with van der Waals surface area (Å²) < 4.78 is 12.7. The zero-order valence-electron chi connectivity index (χ0n) is 17.4. The number of amides is 1. The van der Waals surface area contributed by atoms with Crippen LogP contribution in [0.25, 0.3) is 5.69 Å². The molecule has 1 aromatic heterocycles. The molecule has 0 bridgehead atoms. The maximum Gasteiger partial charge on any atom is 0.257 e. The molecule has 152 valence electrons. The number of aryl methyl sites for hydroxylation is 1. The molecule has 6 heteroatoms. The molecule has 0 saturated carbocycles. The van der Waals surface area contributed by atoms with Crippen molar-refractivity contribution in [2.24, 2.45) is 0 Å². The number of ether oxygens (including phenoxy) is 2. The molecular weight excluding hydrogens is 366 g/mol. The van der Waals surface area contributed by atoms with Gasteiger partial charge in [0.2, 0.25) is 0 Å². The maximum atomic E-state index is 12.9. The Balaban J connectivity index is 1.65. The fraction of sp³-hybridized carbons (Fsp3) is 0.304. The van der Waals surface area contributed by atoms with Gasteiger partial charge < -0.3 is 14.4 Å². The third kappa shape index (κ3) is 4.77. The van der Waals surface area contributed by atoms with E-state index in [4.69, 9.17) is 9.47 Å². The molecule has 0 N–H and O–H groups in total. The summed E-state index contributed by atoms with van der Waals surface area (Å²) in [6.07, 6.45) is 2.37. The number of hydrogen-bond acceptors (Lipinski definition) is 4. The minimum atomic E-state index is -0.0569. The Bertz CT molecular complexity index is 947. The molecule has 0 aliphatic heterocycles. The van der Waals surface area contributed by atoms with Gasteiger partial charge in [0.25, 0.3) is 5.91 Å². The van der Waals surface area contributed by atoms with Crippen LogP contribution in [0.5, 0.6) is 11.5 Å². The highest BCUT2D eigenvalue weighted by molar-refractivity contribution is 5.95. The molecule has 1 amide bonds. The van der Waals surface area contributed by atoms with Gasteiger partial charge in [0.05, 0.1) is 36.8 Å². The third-order valence-electron chi connectivity index (χ3n) is 4.81. The van der Waals surface area contributed by atoms with Gasteiger partial charge in [-0.1, -0.05) is 24.6 Å². The van der Waals surface area contributed by atoms with Crippen LogP contribution in [0.3, 0.4) is 0 Å². The predicted molar refractivity (Wildman–Crippen MR) is 113 cm³/mol. The Morgan fingerprint density at radius 2 is 1.72 bits per heavy atom. The SMILES string of the molecule is CCc1c(C(=O)N(C)CCOc2ccc(OC)cc2)cnn1-c1ccc(C)cc1. The Morgan fingerprint density at radius 1 is 1.07 bits per heavy atom. The van der Waals surface area contributed by atoms with Gasteiger partial charge in [0, 0.05) is 7.05 Å². The zero-order chi connectivity index (χ0) is 20.8. The van der Waals surface area contributed by atoms with E-state index in [9.17, 15) is 4.79 Å². The van der Waals surface area contributed by atoms with Crippen molar-refractivity contribution in [1.29, 1.82) is 0 Å². The van der Waals surface area contributed by atoms with Crippen LogP contribution >= 0.6 is 0 Å². The molecular formula is C23H27N3O3. The fourth-order valence-electron chi connectivity index (χ4n) is 3.08. The molecule has 3 aromatic rings. The summed E-state index contributed by atoms with van der Waals surface area (Å²) in [5.74, 6) is 1.47. The second-order valence-corrected chi connectivity index (χ2v) is 6.86. The number of aromatic nitrogens is 2. The maximum absolute atomic E-state index is 12.9. The van der Waals surface area contributed by atoms with Crippen molar-refractivity contribution >= 4 is 5.91 Å². The standard InChI is InChI=1S/C23H27N3O3/c1-5-22-21(16-24-26(22)18-8-6-17(2)7-9-18)23(27)25(3)14-15-29-20-12-10-19(28-4)11-13-20/h6-13,16H,5,14-15H2,1-4H3. The van der Waals surface area contributed by atoms with Crippen molar-refractivity contribution in [2.75, 3.05) is 27.3 Å². The largest absolute Gasteiger partial charge is 0.497 e. The normalized spacial score (nSPS) is 10.6. The monoisotopic (exact) mass is 393 g/mol. The molecule has 0 atom stereocenters. The van der Waals surface area contributed by atoms with E-state index in [1.165, 1.54) is 5.56 Å². The Hall–Kier alpha value is -3.28. The van der Waals surface area contributed by atoms with Gasteiger partial charge in [-0.25, -0.2) is 4.68 Å². The van der Waals surface area contributed by atoms with Crippen LogP contribution in [-0.4, -0.2) is 47.9 Å². The molecule has 0 aliphatic carbocycles. The van der Waals surface area contributed by atoms with Crippen LogP contribution in [-0.2, 0) is 6.42 Å². The highest BCUT2D eigenvalue weighted by atomic mass is 16.5. The van der Waals surface area contributed by atoms with E-state index < -0.39 is 0 Å². The van der Waals surface area contributed by atoms with Gasteiger partial charge in [0.1, 0.15) is 18.1 Å². The first-order chi connectivity index (χ1) is 14.0. The molecule has 29 heavy (non-hydrogen) atoms. The average molecular weight is 393 g/mol. The second-order valence-electron chi connectivity index (χ2n) is 6.86. The Morgan fingerprint density at radius 3 is 2.34 bits per heavy atom. The number of carbonyl (C=O) groups excluding carboxylic acids is 1. The van der Waals surface area contributed by atoms with Gasteiger partial charge in [0.15, 0.2) is 0 Å². The van der Waals surface area contributed by atoms with Crippen LogP contribution in [0.1, 0.15) is 28.5 Å². The number of likely N-dealkylation sites (N-methyl/N-ethyl adjacent to an activating group) is 1. The molecule has 0 spiro atoms. The van der Waals surface area contributed by atoms with E-state index in [0.29, 0.717) is 25.1 Å². The van der Waals surface area contributed by atoms with Gasteiger partial charge >= 0.3 is 0 Å². The lowest BCUT2D eigenvalue weighted by atomic mass is 10.1. The van der Waals surface area contributed by atoms with Gasteiger partial charge in [-0.05, 0) is 49.7 Å². The average Bonchev–Trinajstić information content (AvgIpc) is 3.18. The molecule has 2 aromatic carbocycles. The van der Waals surface area contributed by atoms with Crippen molar-refractivity contribution in [2.45, 2.75) is 20.3 Å². The first-order valence-electron chi connectivity index (χ1n) is 9.69. The van der Waals surface area contributed by atoms with Crippen molar-refractivity contribution in [3.8, 4) is 17.2 Å². The molecule has 3 rings (SSSR count). The molecule has 0 aliphatic rings. The number of methoxy groups -OCH3 is 1. The van der Waals surface area contributed by atoms with E-state index in [2.05, 4.69) is 5.10 Å². The molecule has 0 fully saturated rings. The molecule has 0 saturated heterocycles. The summed E-state index contributed by atoms with van der Waals surface area (Å²) >= 11 is 0. The van der Waals surface area contributed by atoms with Crippen LogP contribution in [0.15, 0.2) is 54.7 Å². The third-order valence-corrected chi connectivity index (χ3v) is 4.81. The lowest BCUT2D eigenvalue weighted by Crippen LogP contribution is -2.31. The van der Waals surface area contributed by atoms with Crippen molar-refractivity contribution < 1.29 is 14.3 Å². The van der Waals surface area contributed by atoms with Crippen LogP contribution in [0.4, 0.5) is 0 Å². The number of benzene rings is 2. The quantitative estimate of drug-likeness (QED) is 0.582. The van der Waals surface area contributed by atoms with Gasteiger partial charge in [-0.2, -0.15) is 5.10 Å². The summed E-state index contributed by atoms with van der Waals surface area (Å²) in [7, 11) is 3.41. The van der Waals surface area contributed by atoms with E-state index in [0.717, 1.165) is 22.9 Å². The summed E-state index contributed by atoms with van der Waals surface area (Å²) in [6.45, 7) is 4.96. The van der Waals surface area contributed by atoms with Gasteiger partial charge in [-0.3, -0.25) is 4.79 Å². The lowest BCUT2D eigenvalue weighted by Gasteiger charge is -2.18. The van der Waals surface area contributed by atoms with E-state index >= 15 is 0 Å². The van der Waals surface area contributed by atoms with Crippen molar-refractivity contribution in [3.05, 3.63) is 71.5 Å². The number of rotatable bonds is 8. The summed E-state index contributed by atoms with van der Waals surface area (Å²) in [5, 5.41) is 4.46. The summed E-state index contributed by atoms with van der Waals surface area (Å²) in [4.78, 5) is 14.6. The summed E-state index contributed by atoms with van der Waals surface area (Å²) in [6, 6.07) is 15.5. The molecule has 0 radical (unpaired) electrons. The number of carbonyl (C=O) groups is 1.